The van der Waals surface area contributed by atoms with Crippen LogP contribution in [-0.2, 0) is 19.4 Å². The second-order valence-electron chi connectivity index (χ2n) is 5.39. The van der Waals surface area contributed by atoms with Gasteiger partial charge in [-0.3, -0.25) is 0 Å². The standard InChI is InChI=1S/C16H16O4S/c1-11-12(2)16(10-6-9-14(16)20-15(11)17)21(18,19)13-7-4-3-5-8-13/h3-5,7-9H,6,10H2,1-2H3. The zero-order valence-corrected chi connectivity index (χ0v) is 12.7. The summed E-state index contributed by atoms with van der Waals surface area (Å²) in [5, 5.41) is 0. The lowest BCUT2D eigenvalue weighted by Crippen LogP contribution is -2.45. The van der Waals surface area contributed by atoms with Gasteiger partial charge in [-0.25, -0.2) is 13.2 Å². The highest BCUT2D eigenvalue weighted by atomic mass is 32.2. The monoisotopic (exact) mass is 304 g/mol. The highest BCUT2D eigenvalue weighted by Crippen LogP contribution is 2.50. The molecule has 0 fully saturated rings. The van der Waals surface area contributed by atoms with Crippen LogP contribution in [0.1, 0.15) is 26.7 Å². The molecule has 1 aliphatic carbocycles. The summed E-state index contributed by atoms with van der Waals surface area (Å²) in [6.45, 7) is 3.34. The first-order chi connectivity index (χ1) is 9.91. The predicted octanol–water partition coefficient (Wildman–Crippen LogP) is 2.77. The van der Waals surface area contributed by atoms with E-state index in [1.54, 1.807) is 50.3 Å². The van der Waals surface area contributed by atoms with Gasteiger partial charge < -0.3 is 4.74 Å². The van der Waals surface area contributed by atoms with Crippen molar-refractivity contribution in [3.05, 3.63) is 53.3 Å². The summed E-state index contributed by atoms with van der Waals surface area (Å²) in [6.07, 6.45) is 2.71. The molecule has 1 atom stereocenters. The number of benzene rings is 1. The molecule has 0 saturated heterocycles. The third-order valence-electron chi connectivity index (χ3n) is 4.41. The molecule has 0 bridgehead atoms. The van der Waals surface area contributed by atoms with Crippen LogP contribution in [0.5, 0.6) is 0 Å². The number of carbonyl (C=O) groups excluding carboxylic acids is 1. The average molecular weight is 304 g/mol. The summed E-state index contributed by atoms with van der Waals surface area (Å²) in [6, 6.07) is 8.33. The van der Waals surface area contributed by atoms with Gasteiger partial charge in [0.2, 0.25) is 0 Å². The number of hydrogen-bond acceptors (Lipinski definition) is 4. The van der Waals surface area contributed by atoms with Crippen LogP contribution in [0.3, 0.4) is 0 Å². The van der Waals surface area contributed by atoms with Crippen molar-refractivity contribution in [3.63, 3.8) is 0 Å². The van der Waals surface area contributed by atoms with Crippen LogP contribution in [0.25, 0.3) is 0 Å². The maximum Gasteiger partial charge on any atom is 0.338 e. The first kappa shape index (κ1) is 14.1. The van der Waals surface area contributed by atoms with Gasteiger partial charge in [-0.2, -0.15) is 0 Å². The Morgan fingerprint density at radius 2 is 1.81 bits per heavy atom. The fourth-order valence-electron chi connectivity index (χ4n) is 3.09. The normalized spacial score (nSPS) is 25.4. The Morgan fingerprint density at radius 1 is 1.14 bits per heavy atom. The topological polar surface area (TPSA) is 60.4 Å². The van der Waals surface area contributed by atoms with Gasteiger partial charge in [0.05, 0.1) is 4.90 Å². The molecule has 1 aromatic carbocycles. The van der Waals surface area contributed by atoms with Crippen LogP contribution in [0.2, 0.25) is 0 Å². The number of carbonyl (C=O) groups is 1. The fraction of sp³-hybridized carbons (Fsp3) is 0.312. The van der Waals surface area contributed by atoms with Gasteiger partial charge in [-0.15, -0.1) is 0 Å². The summed E-state index contributed by atoms with van der Waals surface area (Å²) in [4.78, 5) is 12.1. The molecule has 0 radical (unpaired) electrons. The molecule has 1 aromatic rings. The maximum atomic E-state index is 13.2. The van der Waals surface area contributed by atoms with Crippen molar-refractivity contribution in [1.29, 1.82) is 0 Å². The van der Waals surface area contributed by atoms with E-state index in [-0.39, 0.29) is 10.7 Å². The highest BCUT2D eigenvalue weighted by Gasteiger charge is 2.56. The zero-order valence-electron chi connectivity index (χ0n) is 11.9. The van der Waals surface area contributed by atoms with Gasteiger partial charge in [0.1, 0.15) is 5.76 Å². The number of hydrogen-bond donors (Lipinski definition) is 0. The van der Waals surface area contributed by atoms with Crippen molar-refractivity contribution in [2.24, 2.45) is 0 Å². The summed E-state index contributed by atoms with van der Waals surface area (Å²) >= 11 is 0. The van der Waals surface area contributed by atoms with E-state index in [1.807, 2.05) is 0 Å². The average Bonchev–Trinajstić information content (AvgIpc) is 2.91. The number of sulfone groups is 1. The second-order valence-corrected chi connectivity index (χ2v) is 7.57. The Balaban J connectivity index is 2.29. The van der Waals surface area contributed by atoms with Crippen LogP contribution < -0.4 is 0 Å². The number of rotatable bonds is 2. The van der Waals surface area contributed by atoms with E-state index >= 15 is 0 Å². The number of ether oxygens (including phenoxy) is 1. The Labute approximate surface area is 124 Å². The molecule has 0 spiro atoms. The van der Waals surface area contributed by atoms with Crippen LogP contribution in [0.4, 0.5) is 0 Å². The summed E-state index contributed by atoms with van der Waals surface area (Å²) in [7, 11) is -3.67. The van der Waals surface area contributed by atoms with Crippen molar-refractivity contribution < 1.29 is 17.9 Å². The van der Waals surface area contributed by atoms with Crippen LogP contribution in [-0.4, -0.2) is 19.1 Å². The van der Waals surface area contributed by atoms with E-state index < -0.39 is 20.6 Å². The first-order valence-corrected chi connectivity index (χ1v) is 8.30. The van der Waals surface area contributed by atoms with Gasteiger partial charge in [0.15, 0.2) is 14.6 Å². The molecule has 0 N–H and O–H groups in total. The largest absolute Gasteiger partial charge is 0.426 e. The summed E-state index contributed by atoms with van der Waals surface area (Å²) < 4.78 is 30.4. The molecule has 4 nitrogen and oxygen atoms in total. The van der Waals surface area contributed by atoms with E-state index in [2.05, 4.69) is 0 Å². The van der Waals surface area contributed by atoms with Crippen LogP contribution in [0.15, 0.2) is 58.2 Å². The van der Waals surface area contributed by atoms with Gasteiger partial charge in [0, 0.05) is 5.57 Å². The van der Waals surface area contributed by atoms with Crippen molar-refractivity contribution in [2.45, 2.75) is 36.3 Å². The quantitative estimate of drug-likeness (QED) is 0.788. The minimum atomic E-state index is -3.67. The molecule has 5 heteroatoms. The molecule has 3 rings (SSSR count). The Bertz CT molecular complexity index is 772. The zero-order chi connectivity index (χ0) is 15.3. The van der Waals surface area contributed by atoms with Crippen molar-refractivity contribution in [3.8, 4) is 0 Å². The lowest BCUT2D eigenvalue weighted by atomic mass is 9.91. The molecular weight excluding hydrogens is 288 g/mol. The molecular formula is C16H16O4S. The van der Waals surface area contributed by atoms with Gasteiger partial charge >= 0.3 is 5.97 Å². The highest BCUT2D eigenvalue weighted by molar-refractivity contribution is 7.93. The van der Waals surface area contributed by atoms with Crippen molar-refractivity contribution >= 4 is 15.8 Å². The van der Waals surface area contributed by atoms with E-state index in [4.69, 9.17) is 4.74 Å². The Kier molecular flexibility index (Phi) is 3.06. The lowest BCUT2D eigenvalue weighted by Gasteiger charge is -2.36. The lowest BCUT2D eigenvalue weighted by molar-refractivity contribution is -0.136. The van der Waals surface area contributed by atoms with Gasteiger partial charge in [0.25, 0.3) is 0 Å². The first-order valence-electron chi connectivity index (χ1n) is 6.82. The smallest absolute Gasteiger partial charge is 0.338 e. The number of fused-ring (bicyclic) bond motifs is 1. The minimum Gasteiger partial charge on any atom is -0.426 e. The fourth-order valence-corrected chi connectivity index (χ4v) is 5.34. The van der Waals surface area contributed by atoms with Crippen molar-refractivity contribution in [2.75, 3.05) is 0 Å². The van der Waals surface area contributed by atoms with E-state index in [0.717, 1.165) is 0 Å². The molecule has 2 aliphatic rings. The molecule has 1 unspecified atom stereocenters. The van der Waals surface area contributed by atoms with E-state index in [1.165, 1.54) is 0 Å². The predicted molar refractivity (Wildman–Crippen MR) is 78.1 cm³/mol. The SMILES string of the molecule is CC1=C(C)C2(S(=O)(=O)c3ccccc3)CCC=C2OC1=O. The van der Waals surface area contributed by atoms with E-state index in [0.29, 0.717) is 24.0 Å². The molecule has 0 saturated carbocycles. The third kappa shape index (κ3) is 1.73. The Morgan fingerprint density at radius 3 is 2.48 bits per heavy atom. The minimum absolute atomic E-state index is 0.253. The number of allylic oxidation sites excluding steroid dienone is 1. The molecule has 0 amide bonds. The van der Waals surface area contributed by atoms with Crippen molar-refractivity contribution in [1.82, 2.24) is 0 Å². The summed E-state index contributed by atoms with van der Waals surface area (Å²) in [5.74, 6) is -0.195. The summed E-state index contributed by atoms with van der Waals surface area (Å²) in [5.41, 5.74) is 0.958. The third-order valence-corrected chi connectivity index (χ3v) is 6.94. The number of esters is 1. The Hall–Kier alpha value is -1.88. The van der Waals surface area contributed by atoms with Gasteiger partial charge in [-0.05, 0) is 50.5 Å². The molecule has 1 aliphatic heterocycles. The van der Waals surface area contributed by atoms with Gasteiger partial charge in [-0.1, -0.05) is 18.2 Å². The maximum absolute atomic E-state index is 13.2. The molecule has 0 aromatic heterocycles. The molecule has 110 valence electrons. The van der Waals surface area contributed by atoms with E-state index in [9.17, 15) is 13.2 Å². The van der Waals surface area contributed by atoms with Crippen LogP contribution >= 0.6 is 0 Å². The second kappa shape index (κ2) is 4.56. The molecule has 21 heavy (non-hydrogen) atoms. The van der Waals surface area contributed by atoms with Crippen LogP contribution in [0, 0.1) is 0 Å². The molecule has 1 heterocycles.